The lowest BCUT2D eigenvalue weighted by Crippen LogP contribution is -2.48. The largest absolute Gasteiger partial charge is 0.464 e. The lowest BCUT2D eigenvalue weighted by atomic mass is 9.99. The van der Waals surface area contributed by atoms with Crippen LogP contribution in [-0.4, -0.2) is 61.6 Å². The average molecular weight is 404 g/mol. The molecule has 1 fully saturated rings. The van der Waals surface area contributed by atoms with Gasteiger partial charge >= 0.3 is 5.97 Å². The van der Waals surface area contributed by atoms with E-state index in [4.69, 9.17) is 15.2 Å². The summed E-state index contributed by atoms with van der Waals surface area (Å²) in [5.41, 5.74) is 5.95. The first-order valence-corrected chi connectivity index (χ1v) is 10.6. The summed E-state index contributed by atoms with van der Waals surface area (Å²) in [5.74, 6) is 0.666. The van der Waals surface area contributed by atoms with Crippen molar-refractivity contribution in [2.75, 3.05) is 25.5 Å². The summed E-state index contributed by atoms with van der Waals surface area (Å²) in [4.78, 5) is 24.3. The van der Waals surface area contributed by atoms with Crippen LogP contribution in [0.25, 0.3) is 0 Å². The van der Waals surface area contributed by atoms with Crippen molar-refractivity contribution in [3.8, 4) is 0 Å². The number of nitrogens with two attached hydrogens (primary N) is 1. The van der Waals surface area contributed by atoms with Gasteiger partial charge in [0, 0.05) is 30.8 Å². The number of thiol groups is 1. The highest BCUT2D eigenvalue weighted by Gasteiger charge is 2.31. The van der Waals surface area contributed by atoms with Gasteiger partial charge < -0.3 is 25.8 Å². The maximum Gasteiger partial charge on any atom is 0.328 e. The fraction of sp³-hybridized carbons (Fsp3) is 0.895. The smallest absolute Gasteiger partial charge is 0.328 e. The predicted molar refractivity (Wildman–Crippen MR) is 110 cm³/mol. The monoisotopic (exact) mass is 403 g/mol. The number of nitrogens with one attached hydrogen (secondary N) is 2. The molecular weight excluding hydrogens is 366 g/mol. The van der Waals surface area contributed by atoms with Crippen LogP contribution in [0.4, 0.5) is 0 Å². The second kappa shape index (κ2) is 12.6. The van der Waals surface area contributed by atoms with Crippen LogP contribution in [-0.2, 0) is 19.1 Å². The van der Waals surface area contributed by atoms with E-state index in [-0.39, 0.29) is 24.0 Å². The molecule has 0 spiro atoms. The minimum Gasteiger partial charge on any atom is -0.464 e. The van der Waals surface area contributed by atoms with E-state index in [2.05, 4.69) is 37.1 Å². The summed E-state index contributed by atoms with van der Waals surface area (Å²) in [6.45, 7) is 9.78. The molecule has 5 atom stereocenters. The van der Waals surface area contributed by atoms with Gasteiger partial charge in [0.1, 0.15) is 12.1 Å². The highest BCUT2D eigenvalue weighted by molar-refractivity contribution is 7.80. The van der Waals surface area contributed by atoms with Gasteiger partial charge in [-0.3, -0.25) is 4.79 Å². The number of carbonyl (C=O) groups is 2. The Hall–Kier alpha value is -0.830. The number of hydrogen-bond donors (Lipinski definition) is 4. The molecule has 0 aromatic heterocycles. The molecule has 27 heavy (non-hydrogen) atoms. The molecule has 1 aliphatic heterocycles. The topological polar surface area (TPSA) is 103 Å². The van der Waals surface area contributed by atoms with E-state index in [0.717, 1.165) is 6.42 Å². The van der Waals surface area contributed by atoms with Gasteiger partial charge in [-0.05, 0) is 18.3 Å². The Morgan fingerprint density at radius 3 is 2.63 bits per heavy atom. The third-order valence-corrected chi connectivity index (χ3v) is 5.38. The van der Waals surface area contributed by atoms with Crippen molar-refractivity contribution in [3.63, 3.8) is 0 Å². The van der Waals surface area contributed by atoms with Gasteiger partial charge in [0.05, 0.1) is 13.2 Å². The summed E-state index contributed by atoms with van der Waals surface area (Å²) >= 11 is 4.22. The Labute approximate surface area is 168 Å². The van der Waals surface area contributed by atoms with Crippen LogP contribution >= 0.6 is 12.6 Å². The number of esters is 1. The fourth-order valence-corrected chi connectivity index (χ4v) is 3.00. The van der Waals surface area contributed by atoms with Gasteiger partial charge in [0.25, 0.3) is 0 Å². The highest BCUT2D eigenvalue weighted by atomic mass is 32.1. The zero-order valence-electron chi connectivity index (χ0n) is 17.1. The lowest BCUT2D eigenvalue weighted by Gasteiger charge is -2.28. The summed E-state index contributed by atoms with van der Waals surface area (Å²) in [5, 5.41) is 6.22. The normalized spacial score (nSPS) is 21.6. The van der Waals surface area contributed by atoms with Crippen LogP contribution in [0.1, 0.15) is 47.0 Å². The van der Waals surface area contributed by atoms with Crippen molar-refractivity contribution >= 4 is 24.5 Å². The molecule has 1 saturated heterocycles. The molecule has 1 amide bonds. The highest BCUT2D eigenvalue weighted by Crippen LogP contribution is 2.14. The summed E-state index contributed by atoms with van der Waals surface area (Å²) in [6, 6.07) is -0.490. The third kappa shape index (κ3) is 8.81. The van der Waals surface area contributed by atoms with Crippen molar-refractivity contribution < 1.29 is 19.1 Å². The summed E-state index contributed by atoms with van der Waals surface area (Å²) in [6.07, 6.45) is 1.51. The lowest BCUT2D eigenvalue weighted by molar-refractivity contribution is -0.144. The first kappa shape index (κ1) is 24.2. The maximum atomic E-state index is 12.7. The molecule has 0 bridgehead atoms. The molecule has 7 nitrogen and oxygen atoms in total. The molecule has 0 aliphatic carbocycles. The fourth-order valence-electron chi connectivity index (χ4n) is 2.87. The Balaban J connectivity index is 2.65. The van der Waals surface area contributed by atoms with Crippen molar-refractivity contribution in [2.45, 2.75) is 71.2 Å². The Morgan fingerprint density at radius 2 is 2.11 bits per heavy atom. The van der Waals surface area contributed by atoms with Gasteiger partial charge in [-0.15, -0.1) is 0 Å². The second-order valence-electron chi connectivity index (χ2n) is 7.81. The Morgan fingerprint density at radius 1 is 1.41 bits per heavy atom. The van der Waals surface area contributed by atoms with Crippen LogP contribution in [0.2, 0.25) is 0 Å². The molecule has 0 saturated carbocycles. The van der Waals surface area contributed by atoms with E-state index in [9.17, 15) is 9.59 Å². The number of cyclic esters (lactones) is 1. The molecule has 1 rings (SSSR count). The molecule has 0 radical (unpaired) electrons. The van der Waals surface area contributed by atoms with Crippen LogP contribution in [0, 0.1) is 11.8 Å². The minimum atomic E-state index is -0.592. The van der Waals surface area contributed by atoms with E-state index in [0.29, 0.717) is 50.2 Å². The number of amides is 1. The molecule has 4 N–H and O–H groups in total. The standard InChI is InChI=1S/C19H37N3O4S/c1-5-13(4)16(21-9-14(20)11-27)10-26-17(8-12(2)3)18(23)22-15-6-7-25-19(15)24/h12-17,21,27H,5-11,20H2,1-4H3,(H,22,23)/t13-,14?,15+,16?,17?/m0/s1. The van der Waals surface area contributed by atoms with E-state index >= 15 is 0 Å². The Kier molecular flexibility index (Phi) is 11.3. The van der Waals surface area contributed by atoms with Crippen LogP contribution in [0.5, 0.6) is 0 Å². The van der Waals surface area contributed by atoms with Crippen LogP contribution in [0.3, 0.4) is 0 Å². The molecule has 8 heteroatoms. The van der Waals surface area contributed by atoms with Gasteiger partial charge in [-0.25, -0.2) is 4.79 Å². The first-order chi connectivity index (χ1) is 12.8. The van der Waals surface area contributed by atoms with E-state index in [1.807, 2.05) is 13.8 Å². The zero-order valence-corrected chi connectivity index (χ0v) is 18.0. The van der Waals surface area contributed by atoms with Gasteiger partial charge in [0.2, 0.25) is 5.91 Å². The molecule has 1 heterocycles. The molecule has 0 aromatic rings. The Bertz CT molecular complexity index is 464. The average Bonchev–Trinajstić information content (AvgIpc) is 3.03. The number of ether oxygens (including phenoxy) is 2. The first-order valence-electron chi connectivity index (χ1n) is 9.96. The predicted octanol–water partition coefficient (Wildman–Crippen LogP) is 1.11. The number of carbonyl (C=O) groups excluding carboxylic acids is 2. The van der Waals surface area contributed by atoms with Crippen LogP contribution < -0.4 is 16.4 Å². The van der Waals surface area contributed by atoms with E-state index in [1.165, 1.54) is 0 Å². The quantitative estimate of drug-likeness (QED) is 0.271. The molecular formula is C19H37N3O4S. The molecule has 0 aromatic carbocycles. The second-order valence-corrected chi connectivity index (χ2v) is 8.18. The van der Waals surface area contributed by atoms with Gasteiger partial charge in [0.15, 0.2) is 0 Å². The van der Waals surface area contributed by atoms with Crippen molar-refractivity contribution in [1.82, 2.24) is 10.6 Å². The molecule has 158 valence electrons. The van der Waals surface area contributed by atoms with Crippen molar-refractivity contribution in [2.24, 2.45) is 17.6 Å². The van der Waals surface area contributed by atoms with Gasteiger partial charge in [-0.1, -0.05) is 34.1 Å². The third-order valence-electron chi connectivity index (χ3n) is 4.91. The SMILES string of the molecule is CC[C@H](C)C(COC(CC(C)C)C(=O)N[C@@H]1CCOC1=O)NCC(N)CS. The molecule has 3 unspecified atom stereocenters. The number of hydrogen-bond acceptors (Lipinski definition) is 7. The maximum absolute atomic E-state index is 12.7. The van der Waals surface area contributed by atoms with E-state index in [1.54, 1.807) is 0 Å². The summed E-state index contributed by atoms with van der Waals surface area (Å²) < 4.78 is 10.9. The zero-order chi connectivity index (χ0) is 20.4. The van der Waals surface area contributed by atoms with Gasteiger partial charge in [-0.2, -0.15) is 12.6 Å². The minimum absolute atomic E-state index is 0.0250. The van der Waals surface area contributed by atoms with Crippen LogP contribution in [0.15, 0.2) is 0 Å². The molecule has 1 aliphatic rings. The summed E-state index contributed by atoms with van der Waals surface area (Å²) in [7, 11) is 0. The van der Waals surface area contributed by atoms with Crippen molar-refractivity contribution in [1.29, 1.82) is 0 Å². The van der Waals surface area contributed by atoms with Crippen molar-refractivity contribution in [3.05, 3.63) is 0 Å². The number of rotatable bonds is 13. The van der Waals surface area contributed by atoms with E-state index < -0.39 is 12.1 Å².